The molecule has 0 rings (SSSR count). The number of Topliss-reactive ketones (excluding diaryl/α,β-unsaturated/α-hetero) is 1. The van der Waals surface area contributed by atoms with Gasteiger partial charge in [-0.15, -0.1) is 0 Å². The second kappa shape index (κ2) is 6.75. The number of halogens is 3. The van der Waals surface area contributed by atoms with Crippen molar-refractivity contribution in [1.29, 1.82) is 0 Å². The molecule has 0 aromatic carbocycles. The normalized spacial score (nSPS) is 13.6. The average Bonchev–Trinajstić information content (AvgIpc) is 2.22. The number of hydrogen-bond acceptors (Lipinski definition) is 2. The summed E-state index contributed by atoms with van der Waals surface area (Å²) in [5.74, 6) is -2.31. The molecule has 0 fully saturated rings. The summed E-state index contributed by atoms with van der Waals surface area (Å²) < 4.78 is 37.0. The number of rotatable bonds is 6. The molecule has 0 spiro atoms. The number of carbonyl (C=O) groups is 2. The van der Waals surface area contributed by atoms with Gasteiger partial charge in [-0.25, -0.2) is 0 Å². The summed E-state index contributed by atoms with van der Waals surface area (Å²) >= 11 is 0. The second-order valence-corrected chi connectivity index (χ2v) is 4.70. The van der Waals surface area contributed by atoms with E-state index >= 15 is 0 Å². The van der Waals surface area contributed by atoms with Crippen molar-refractivity contribution >= 4 is 11.7 Å². The maximum atomic E-state index is 12.3. The van der Waals surface area contributed by atoms with Crippen LogP contribution in [0.3, 0.4) is 0 Å². The Morgan fingerprint density at radius 2 is 1.67 bits per heavy atom. The molecule has 1 atom stereocenters. The Hall–Kier alpha value is -1.07. The highest BCUT2D eigenvalue weighted by Crippen LogP contribution is 2.19. The van der Waals surface area contributed by atoms with E-state index in [1.165, 1.54) is 13.8 Å². The fourth-order valence-electron chi connectivity index (χ4n) is 1.60. The van der Waals surface area contributed by atoms with E-state index in [0.29, 0.717) is 17.7 Å². The lowest BCUT2D eigenvalue weighted by Crippen LogP contribution is -2.47. The third-order valence-corrected chi connectivity index (χ3v) is 2.61. The van der Waals surface area contributed by atoms with Crippen LogP contribution in [-0.2, 0) is 9.59 Å². The van der Waals surface area contributed by atoms with Crippen molar-refractivity contribution < 1.29 is 22.8 Å². The molecular formula is C12H20F3NO2. The molecule has 0 heterocycles. The van der Waals surface area contributed by atoms with E-state index in [1.54, 1.807) is 6.92 Å². The predicted molar refractivity (Wildman–Crippen MR) is 62.0 cm³/mol. The van der Waals surface area contributed by atoms with Crippen molar-refractivity contribution in [3.05, 3.63) is 0 Å². The molecule has 0 aliphatic rings. The maximum Gasteiger partial charge on any atom is 0.406 e. The Labute approximate surface area is 105 Å². The molecule has 18 heavy (non-hydrogen) atoms. The maximum absolute atomic E-state index is 12.3. The standard InChI is InChI=1S/C12H20F3NO2/c1-5-6-9(4)10(17)11(18)16(8(2)3)7-12(13,14)15/h8-9H,5-7H2,1-4H3. The fraction of sp³-hybridized carbons (Fsp3) is 0.833. The van der Waals surface area contributed by atoms with E-state index in [4.69, 9.17) is 0 Å². The predicted octanol–water partition coefficient (Wildman–Crippen LogP) is 2.79. The lowest BCUT2D eigenvalue weighted by molar-refractivity contribution is -0.168. The topological polar surface area (TPSA) is 37.4 Å². The second-order valence-electron chi connectivity index (χ2n) is 4.70. The molecule has 0 aliphatic carbocycles. The van der Waals surface area contributed by atoms with E-state index in [1.807, 2.05) is 6.92 Å². The Balaban J connectivity index is 4.82. The van der Waals surface area contributed by atoms with Gasteiger partial charge in [0.15, 0.2) is 0 Å². The van der Waals surface area contributed by atoms with Gasteiger partial charge in [-0.1, -0.05) is 20.3 Å². The van der Waals surface area contributed by atoms with Gasteiger partial charge < -0.3 is 4.90 Å². The molecule has 0 saturated carbocycles. The Bertz CT molecular complexity index is 300. The number of alkyl halides is 3. The summed E-state index contributed by atoms with van der Waals surface area (Å²) in [6.45, 7) is 4.96. The van der Waals surface area contributed by atoms with E-state index in [9.17, 15) is 22.8 Å². The molecule has 106 valence electrons. The van der Waals surface area contributed by atoms with Crippen LogP contribution in [0.25, 0.3) is 0 Å². The number of amides is 1. The zero-order chi connectivity index (χ0) is 14.5. The molecule has 0 saturated heterocycles. The summed E-state index contributed by atoms with van der Waals surface area (Å²) in [4.78, 5) is 24.0. The van der Waals surface area contributed by atoms with Crippen molar-refractivity contribution in [1.82, 2.24) is 4.90 Å². The minimum atomic E-state index is -4.49. The zero-order valence-electron chi connectivity index (χ0n) is 11.2. The van der Waals surface area contributed by atoms with Gasteiger partial charge in [0, 0.05) is 12.0 Å². The number of ketones is 1. The van der Waals surface area contributed by atoms with Gasteiger partial charge in [-0.3, -0.25) is 9.59 Å². The minimum Gasteiger partial charge on any atom is -0.325 e. The lowest BCUT2D eigenvalue weighted by atomic mass is 9.99. The quantitative estimate of drug-likeness (QED) is 0.694. The minimum absolute atomic E-state index is 0.503. The van der Waals surface area contributed by atoms with Crippen molar-refractivity contribution in [3.8, 4) is 0 Å². The fourth-order valence-corrected chi connectivity index (χ4v) is 1.60. The van der Waals surface area contributed by atoms with Crippen LogP contribution in [0.15, 0.2) is 0 Å². The lowest BCUT2D eigenvalue weighted by Gasteiger charge is -2.27. The molecule has 0 aliphatic heterocycles. The Kier molecular flexibility index (Phi) is 6.35. The first kappa shape index (κ1) is 16.9. The number of nitrogens with zero attached hydrogens (tertiary/aromatic N) is 1. The van der Waals surface area contributed by atoms with E-state index in [0.717, 1.165) is 0 Å². The Morgan fingerprint density at radius 3 is 2.00 bits per heavy atom. The molecule has 0 radical (unpaired) electrons. The molecule has 3 nitrogen and oxygen atoms in total. The summed E-state index contributed by atoms with van der Waals surface area (Å²) in [6, 6.07) is -0.656. The average molecular weight is 267 g/mol. The molecule has 1 amide bonds. The molecule has 0 bridgehead atoms. The number of hydrogen-bond donors (Lipinski definition) is 0. The van der Waals surface area contributed by atoms with Gasteiger partial charge in [-0.2, -0.15) is 13.2 Å². The molecule has 0 N–H and O–H groups in total. The molecule has 0 aromatic heterocycles. The molecule has 1 unspecified atom stereocenters. The van der Waals surface area contributed by atoms with Gasteiger partial charge in [0.2, 0.25) is 5.78 Å². The first-order valence-corrected chi connectivity index (χ1v) is 6.01. The van der Waals surface area contributed by atoms with Crippen LogP contribution >= 0.6 is 0 Å². The smallest absolute Gasteiger partial charge is 0.325 e. The van der Waals surface area contributed by atoms with Gasteiger partial charge in [0.25, 0.3) is 5.91 Å². The molecule has 0 aromatic rings. The SMILES string of the molecule is CCCC(C)C(=O)C(=O)N(CC(F)(F)F)C(C)C. The highest BCUT2D eigenvalue weighted by atomic mass is 19.4. The van der Waals surface area contributed by atoms with Gasteiger partial charge >= 0.3 is 6.18 Å². The van der Waals surface area contributed by atoms with Crippen molar-refractivity contribution in [2.45, 2.75) is 52.8 Å². The molecule has 6 heteroatoms. The van der Waals surface area contributed by atoms with E-state index in [-0.39, 0.29) is 0 Å². The summed E-state index contributed by atoms with van der Waals surface area (Å²) in [5.41, 5.74) is 0. The summed E-state index contributed by atoms with van der Waals surface area (Å²) in [7, 11) is 0. The van der Waals surface area contributed by atoms with Crippen LogP contribution in [0, 0.1) is 5.92 Å². The first-order chi connectivity index (χ1) is 8.10. The number of carbonyl (C=O) groups excluding carboxylic acids is 2. The monoisotopic (exact) mass is 267 g/mol. The molecular weight excluding hydrogens is 247 g/mol. The summed E-state index contributed by atoms with van der Waals surface area (Å²) in [6.07, 6.45) is -3.28. The van der Waals surface area contributed by atoms with E-state index in [2.05, 4.69) is 0 Å². The van der Waals surface area contributed by atoms with Crippen LogP contribution in [-0.4, -0.2) is 35.4 Å². The Morgan fingerprint density at radius 1 is 1.17 bits per heavy atom. The van der Waals surface area contributed by atoms with Crippen LogP contribution in [0.2, 0.25) is 0 Å². The third kappa shape index (κ3) is 5.51. The van der Waals surface area contributed by atoms with Crippen LogP contribution < -0.4 is 0 Å². The highest BCUT2D eigenvalue weighted by Gasteiger charge is 2.37. The first-order valence-electron chi connectivity index (χ1n) is 6.01. The highest BCUT2D eigenvalue weighted by molar-refractivity contribution is 6.36. The summed E-state index contributed by atoms with van der Waals surface area (Å²) in [5, 5.41) is 0. The zero-order valence-corrected chi connectivity index (χ0v) is 11.2. The van der Waals surface area contributed by atoms with Crippen molar-refractivity contribution in [3.63, 3.8) is 0 Å². The van der Waals surface area contributed by atoms with Crippen LogP contribution in [0.5, 0.6) is 0 Å². The van der Waals surface area contributed by atoms with Crippen LogP contribution in [0.4, 0.5) is 13.2 Å². The third-order valence-electron chi connectivity index (χ3n) is 2.61. The van der Waals surface area contributed by atoms with Crippen molar-refractivity contribution in [2.24, 2.45) is 5.92 Å². The van der Waals surface area contributed by atoms with E-state index < -0.39 is 36.4 Å². The van der Waals surface area contributed by atoms with Gasteiger partial charge in [-0.05, 0) is 20.3 Å². The van der Waals surface area contributed by atoms with Gasteiger partial charge in [0.1, 0.15) is 6.54 Å². The van der Waals surface area contributed by atoms with Gasteiger partial charge in [0.05, 0.1) is 0 Å². The van der Waals surface area contributed by atoms with Crippen LogP contribution in [0.1, 0.15) is 40.5 Å². The largest absolute Gasteiger partial charge is 0.406 e. The van der Waals surface area contributed by atoms with Crippen molar-refractivity contribution in [2.75, 3.05) is 6.54 Å².